The van der Waals surface area contributed by atoms with Gasteiger partial charge in [-0.05, 0) is 51.8 Å². The third kappa shape index (κ3) is 6.41. The zero-order valence-corrected chi connectivity index (χ0v) is 19.9. The van der Waals surface area contributed by atoms with Crippen LogP contribution in [0.25, 0.3) is 11.0 Å². The van der Waals surface area contributed by atoms with E-state index in [4.69, 9.17) is 18.6 Å². The monoisotopic (exact) mass is 492 g/mol. The molecule has 1 aliphatic rings. The summed E-state index contributed by atoms with van der Waals surface area (Å²) in [4.78, 5) is 12.2. The largest absolute Gasteiger partial charge is 0.499 e. The first-order valence-electron chi connectivity index (χ1n) is 11.3. The van der Waals surface area contributed by atoms with E-state index in [1.165, 1.54) is 23.3 Å². The topological polar surface area (TPSA) is 159 Å². The highest BCUT2D eigenvalue weighted by Crippen LogP contribution is 2.36. The van der Waals surface area contributed by atoms with Gasteiger partial charge in [-0.1, -0.05) is 17.2 Å². The van der Waals surface area contributed by atoms with E-state index in [0.717, 1.165) is 12.8 Å². The third-order valence-corrected chi connectivity index (χ3v) is 5.66. The minimum atomic E-state index is -1.72. The van der Waals surface area contributed by atoms with E-state index in [1.54, 1.807) is 6.07 Å². The number of hydrogen-bond acceptors (Lipinski definition) is 10. The SMILES string of the molecule is CC(C)=CCC/C(C)=C/COc1ccc2c(O[C@@H]3O[C@H](CO)[C@@H](O)[C@H](O)[C@H]3O)c(O)c(=O)oc2c1. The molecule has 192 valence electrons. The molecule has 0 bridgehead atoms. The molecular weight excluding hydrogens is 460 g/mol. The maximum absolute atomic E-state index is 12.2. The van der Waals surface area contributed by atoms with Crippen molar-refractivity contribution in [2.24, 2.45) is 0 Å². The van der Waals surface area contributed by atoms with Crippen molar-refractivity contribution in [3.05, 3.63) is 51.9 Å². The number of aliphatic hydroxyl groups is 4. The molecule has 2 heterocycles. The van der Waals surface area contributed by atoms with Gasteiger partial charge in [-0.2, -0.15) is 0 Å². The van der Waals surface area contributed by atoms with E-state index in [2.05, 4.69) is 19.9 Å². The molecule has 5 N–H and O–H groups in total. The molecule has 2 aromatic rings. The lowest BCUT2D eigenvalue weighted by atomic mass is 9.99. The van der Waals surface area contributed by atoms with Crippen LogP contribution in [0.2, 0.25) is 0 Å². The van der Waals surface area contributed by atoms with Gasteiger partial charge in [0.1, 0.15) is 42.4 Å². The van der Waals surface area contributed by atoms with Crippen LogP contribution in [0, 0.1) is 0 Å². The second kappa shape index (κ2) is 11.7. The number of rotatable bonds is 9. The molecule has 0 amide bonds. The fraction of sp³-hybridized carbons (Fsp3) is 0.480. The van der Waals surface area contributed by atoms with Gasteiger partial charge in [0.05, 0.1) is 12.0 Å². The molecule has 0 aliphatic carbocycles. The standard InChI is InChI=1S/C25H32O10/c1-13(2)5-4-6-14(3)9-10-32-15-7-8-16-17(11-15)33-24(31)22(30)23(16)35-25-21(29)20(28)19(27)18(12-26)34-25/h5,7-9,11,18-21,25-30H,4,6,10,12H2,1-3H3/b14-9+/t18-,19-,20+,21-,25+/m1/s1. The molecule has 35 heavy (non-hydrogen) atoms. The Morgan fingerprint density at radius 2 is 1.83 bits per heavy atom. The third-order valence-electron chi connectivity index (χ3n) is 5.66. The first-order valence-corrected chi connectivity index (χ1v) is 11.3. The predicted molar refractivity (Wildman–Crippen MR) is 126 cm³/mol. The molecule has 5 atom stereocenters. The lowest BCUT2D eigenvalue weighted by Crippen LogP contribution is -2.60. The van der Waals surface area contributed by atoms with Crippen molar-refractivity contribution in [3.63, 3.8) is 0 Å². The molecule has 1 fully saturated rings. The highest BCUT2D eigenvalue weighted by atomic mass is 16.7. The normalized spacial score (nSPS) is 24.9. The number of allylic oxidation sites excluding steroid dienone is 3. The van der Waals surface area contributed by atoms with Gasteiger partial charge in [0, 0.05) is 6.07 Å². The van der Waals surface area contributed by atoms with Crippen molar-refractivity contribution >= 4 is 11.0 Å². The van der Waals surface area contributed by atoms with Crippen LogP contribution in [0.1, 0.15) is 33.6 Å². The van der Waals surface area contributed by atoms with Gasteiger partial charge in [-0.3, -0.25) is 0 Å². The van der Waals surface area contributed by atoms with Gasteiger partial charge < -0.3 is 44.2 Å². The molecule has 0 radical (unpaired) electrons. The minimum absolute atomic E-state index is 0.0501. The molecule has 0 spiro atoms. The summed E-state index contributed by atoms with van der Waals surface area (Å²) in [5.74, 6) is -0.793. The molecule has 3 rings (SSSR count). The highest BCUT2D eigenvalue weighted by molar-refractivity contribution is 5.86. The average molecular weight is 493 g/mol. The molecule has 0 unspecified atom stereocenters. The molecule has 10 heteroatoms. The maximum Gasteiger partial charge on any atom is 0.382 e. The summed E-state index contributed by atoms with van der Waals surface area (Å²) in [7, 11) is 0. The van der Waals surface area contributed by atoms with Gasteiger partial charge in [0.25, 0.3) is 0 Å². The summed E-state index contributed by atoms with van der Waals surface area (Å²) >= 11 is 0. The van der Waals surface area contributed by atoms with Gasteiger partial charge >= 0.3 is 5.63 Å². The number of aromatic hydroxyl groups is 1. The van der Waals surface area contributed by atoms with Crippen molar-refractivity contribution in [2.45, 2.75) is 64.3 Å². The van der Waals surface area contributed by atoms with Crippen LogP contribution in [0.3, 0.4) is 0 Å². The molecule has 10 nitrogen and oxygen atoms in total. The van der Waals surface area contributed by atoms with Crippen LogP contribution in [0.4, 0.5) is 0 Å². The Morgan fingerprint density at radius 3 is 2.51 bits per heavy atom. The molecule has 0 saturated carbocycles. The fourth-order valence-electron chi connectivity index (χ4n) is 3.60. The molecule has 1 saturated heterocycles. The zero-order valence-electron chi connectivity index (χ0n) is 19.9. The summed E-state index contributed by atoms with van der Waals surface area (Å²) in [6, 6.07) is 4.55. The van der Waals surface area contributed by atoms with E-state index in [9.17, 15) is 30.3 Å². The first kappa shape index (κ1) is 26.7. The van der Waals surface area contributed by atoms with Crippen molar-refractivity contribution in [3.8, 4) is 17.2 Å². The maximum atomic E-state index is 12.2. The van der Waals surface area contributed by atoms with E-state index in [1.807, 2.05) is 13.0 Å². The lowest BCUT2D eigenvalue weighted by molar-refractivity contribution is -0.277. The zero-order chi connectivity index (χ0) is 25.7. The Hall–Kier alpha value is -2.89. The summed E-state index contributed by atoms with van der Waals surface area (Å²) in [5, 5.41) is 49.9. The summed E-state index contributed by atoms with van der Waals surface area (Å²) in [6.07, 6.45) is -1.78. The second-order valence-corrected chi connectivity index (χ2v) is 8.72. The van der Waals surface area contributed by atoms with Crippen LogP contribution in [0.5, 0.6) is 17.2 Å². The lowest BCUT2D eigenvalue weighted by Gasteiger charge is -2.39. The van der Waals surface area contributed by atoms with E-state index < -0.39 is 48.7 Å². The molecule has 1 aromatic carbocycles. The number of ether oxygens (including phenoxy) is 3. The van der Waals surface area contributed by atoms with Gasteiger partial charge in [-0.15, -0.1) is 0 Å². The number of aliphatic hydroxyl groups excluding tert-OH is 4. The molecule has 1 aliphatic heterocycles. The van der Waals surface area contributed by atoms with E-state index in [-0.39, 0.29) is 16.7 Å². The van der Waals surface area contributed by atoms with Crippen molar-refractivity contribution in [1.82, 2.24) is 0 Å². The van der Waals surface area contributed by atoms with E-state index in [0.29, 0.717) is 12.4 Å². The summed E-state index contributed by atoms with van der Waals surface area (Å²) in [6.45, 7) is 5.79. The van der Waals surface area contributed by atoms with Gasteiger partial charge in [0.15, 0.2) is 5.75 Å². The highest BCUT2D eigenvalue weighted by Gasteiger charge is 2.45. The molecular formula is C25H32O10. The van der Waals surface area contributed by atoms with Crippen molar-refractivity contribution in [1.29, 1.82) is 0 Å². The van der Waals surface area contributed by atoms with Gasteiger partial charge in [-0.25, -0.2) is 4.79 Å². The number of benzene rings is 1. The Balaban J connectivity index is 1.79. The minimum Gasteiger partial charge on any atom is -0.499 e. The van der Waals surface area contributed by atoms with E-state index >= 15 is 0 Å². The predicted octanol–water partition coefficient (Wildman–Crippen LogP) is 1.75. The Bertz CT molecular complexity index is 1130. The van der Waals surface area contributed by atoms with Crippen LogP contribution >= 0.6 is 0 Å². The Morgan fingerprint density at radius 1 is 1.09 bits per heavy atom. The average Bonchev–Trinajstić information content (AvgIpc) is 2.81. The van der Waals surface area contributed by atoms with Crippen molar-refractivity contribution in [2.75, 3.05) is 13.2 Å². The number of fused-ring (bicyclic) bond motifs is 1. The summed E-state index contributed by atoms with van der Waals surface area (Å²) < 4.78 is 21.7. The van der Waals surface area contributed by atoms with Crippen molar-refractivity contribution < 1.29 is 44.2 Å². The molecule has 1 aromatic heterocycles. The summed E-state index contributed by atoms with van der Waals surface area (Å²) in [5.41, 5.74) is 1.40. The fourth-order valence-corrected chi connectivity index (χ4v) is 3.60. The number of hydrogen-bond donors (Lipinski definition) is 5. The van der Waals surface area contributed by atoms with Crippen LogP contribution < -0.4 is 15.1 Å². The Labute approximate surface area is 202 Å². The van der Waals surface area contributed by atoms with Crippen LogP contribution in [-0.4, -0.2) is 69.5 Å². The smallest absolute Gasteiger partial charge is 0.382 e. The van der Waals surface area contributed by atoms with Crippen LogP contribution in [-0.2, 0) is 4.74 Å². The second-order valence-electron chi connectivity index (χ2n) is 8.72. The van der Waals surface area contributed by atoms with Gasteiger partial charge in [0.2, 0.25) is 12.0 Å². The quantitative estimate of drug-likeness (QED) is 0.258. The van der Waals surface area contributed by atoms with Crippen LogP contribution in [0.15, 0.2) is 50.7 Å². The Kier molecular flexibility index (Phi) is 8.92. The first-order chi connectivity index (χ1) is 16.6.